The highest BCUT2D eigenvalue weighted by Crippen LogP contribution is 2.34. The molecule has 0 amide bonds. The minimum absolute atomic E-state index is 0.125. The summed E-state index contributed by atoms with van der Waals surface area (Å²) < 4.78 is 6.13. The van der Waals surface area contributed by atoms with E-state index in [4.69, 9.17) is 4.74 Å². The molecule has 0 bridgehead atoms. The van der Waals surface area contributed by atoms with Crippen molar-refractivity contribution in [2.24, 2.45) is 5.92 Å². The first-order valence-corrected chi connectivity index (χ1v) is 11.8. The van der Waals surface area contributed by atoms with E-state index < -0.39 is 0 Å². The molecule has 1 fully saturated rings. The van der Waals surface area contributed by atoms with E-state index in [9.17, 15) is 4.79 Å². The Morgan fingerprint density at radius 3 is 2.46 bits per heavy atom. The second-order valence-electron chi connectivity index (χ2n) is 8.66. The third kappa shape index (κ3) is 5.37. The van der Waals surface area contributed by atoms with Gasteiger partial charge in [0, 0.05) is 18.0 Å². The van der Waals surface area contributed by atoms with Gasteiger partial charge in [0.15, 0.2) is 5.78 Å². The van der Waals surface area contributed by atoms with Gasteiger partial charge in [-0.25, -0.2) is 0 Å². The summed E-state index contributed by atoms with van der Waals surface area (Å²) >= 11 is 0. The lowest BCUT2D eigenvalue weighted by molar-refractivity contribution is 0.0862. The van der Waals surface area contributed by atoms with Gasteiger partial charge < -0.3 is 9.64 Å². The van der Waals surface area contributed by atoms with Crippen LogP contribution >= 0.6 is 0 Å². The first kappa shape index (κ1) is 21.4. The zero-order valence-electron chi connectivity index (χ0n) is 18.1. The molecular weight excluding hydrogens is 346 g/mol. The number of fused-ring (bicyclic) bond motifs is 1. The Hall–Kier alpha value is -1.35. The average Bonchev–Trinajstić information content (AvgIpc) is 2.75. The predicted molar refractivity (Wildman–Crippen MR) is 117 cm³/mol. The minimum Gasteiger partial charge on any atom is -0.493 e. The summed E-state index contributed by atoms with van der Waals surface area (Å²) in [5.41, 5.74) is 3.60. The summed E-state index contributed by atoms with van der Waals surface area (Å²) in [6.45, 7) is 8.43. The highest BCUT2D eigenvalue weighted by molar-refractivity contribution is 6.00. The zero-order chi connectivity index (χ0) is 19.8. The Morgan fingerprint density at radius 2 is 1.75 bits per heavy atom. The predicted octanol–water partition coefficient (Wildman–Crippen LogP) is 5.83. The van der Waals surface area contributed by atoms with Crippen LogP contribution in [0.1, 0.15) is 93.1 Å². The number of unbranched alkanes of at least 4 members (excludes halogenated alkanes) is 2. The smallest absolute Gasteiger partial charge is 0.167 e. The van der Waals surface area contributed by atoms with Crippen LogP contribution in [-0.2, 0) is 12.8 Å². The Kier molecular flexibility index (Phi) is 8.39. The van der Waals surface area contributed by atoms with Gasteiger partial charge in [0.05, 0.1) is 6.61 Å². The van der Waals surface area contributed by atoms with E-state index in [1.54, 1.807) is 0 Å². The van der Waals surface area contributed by atoms with Crippen LogP contribution in [0.4, 0.5) is 0 Å². The van der Waals surface area contributed by atoms with E-state index in [1.807, 2.05) is 0 Å². The maximum Gasteiger partial charge on any atom is 0.167 e. The number of carbonyl (C=O) groups excluding carboxylic acids is 1. The third-order valence-corrected chi connectivity index (χ3v) is 6.55. The quantitative estimate of drug-likeness (QED) is 0.375. The molecule has 0 aromatic heterocycles. The van der Waals surface area contributed by atoms with Crippen molar-refractivity contribution in [1.82, 2.24) is 4.90 Å². The Labute approximate surface area is 171 Å². The molecule has 1 heterocycles. The van der Waals surface area contributed by atoms with Gasteiger partial charge in [0.2, 0.25) is 0 Å². The molecule has 1 unspecified atom stereocenters. The standard InChI is InChI=1S/C25H39NO2/c1-3-5-11-18-28-24-15-14-23(21-12-7-8-13-22(21)24)25(27)20(4-2)19-26-16-9-6-10-17-26/h14-15,20H,3-13,16-19H2,1-2H3. The molecule has 0 N–H and O–H groups in total. The van der Waals surface area contributed by atoms with Crippen LogP contribution in [0, 0.1) is 5.92 Å². The lowest BCUT2D eigenvalue weighted by atomic mass is 9.83. The fourth-order valence-corrected chi connectivity index (χ4v) is 4.81. The number of hydrogen-bond acceptors (Lipinski definition) is 3. The normalized spacial score (nSPS) is 18.5. The van der Waals surface area contributed by atoms with Crippen molar-refractivity contribution in [3.8, 4) is 5.75 Å². The second kappa shape index (κ2) is 11.0. The molecule has 0 saturated carbocycles. The largest absolute Gasteiger partial charge is 0.493 e. The molecule has 156 valence electrons. The van der Waals surface area contributed by atoms with Gasteiger partial charge in [0.1, 0.15) is 5.75 Å². The van der Waals surface area contributed by atoms with Crippen molar-refractivity contribution in [3.05, 3.63) is 28.8 Å². The Bertz CT molecular complexity index is 634. The molecule has 28 heavy (non-hydrogen) atoms. The lowest BCUT2D eigenvalue weighted by Crippen LogP contribution is -2.37. The number of benzene rings is 1. The van der Waals surface area contributed by atoms with Crippen molar-refractivity contribution in [3.63, 3.8) is 0 Å². The van der Waals surface area contributed by atoms with Crippen LogP contribution in [0.15, 0.2) is 12.1 Å². The molecule has 2 aliphatic rings. The molecule has 1 aliphatic carbocycles. The van der Waals surface area contributed by atoms with Gasteiger partial charge in [-0.1, -0.05) is 33.1 Å². The third-order valence-electron chi connectivity index (χ3n) is 6.55. The number of carbonyl (C=O) groups is 1. The van der Waals surface area contributed by atoms with Gasteiger partial charge in [0.25, 0.3) is 0 Å². The molecule has 0 radical (unpaired) electrons. The molecule has 1 aromatic carbocycles. The summed E-state index contributed by atoms with van der Waals surface area (Å²) in [6, 6.07) is 4.15. The van der Waals surface area contributed by atoms with E-state index in [0.29, 0.717) is 5.78 Å². The first-order chi connectivity index (χ1) is 13.7. The van der Waals surface area contributed by atoms with Crippen LogP contribution in [0.25, 0.3) is 0 Å². The number of ketones is 1. The van der Waals surface area contributed by atoms with Crippen molar-refractivity contribution < 1.29 is 9.53 Å². The Morgan fingerprint density at radius 1 is 1.00 bits per heavy atom. The average molecular weight is 386 g/mol. The van der Waals surface area contributed by atoms with Crippen molar-refractivity contribution in [1.29, 1.82) is 0 Å². The number of hydrogen-bond donors (Lipinski definition) is 0. The highest BCUT2D eigenvalue weighted by Gasteiger charge is 2.27. The van der Waals surface area contributed by atoms with Gasteiger partial charge in [-0.2, -0.15) is 0 Å². The van der Waals surface area contributed by atoms with Gasteiger partial charge in [-0.3, -0.25) is 4.79 Å². The monoisotopic (exact) mass is 385 g/mol. The first-order valence-electron chi connectivity index (χ1n) is 11.8. The van der Waals surface area contributed by atoms with E-state index in [2.05, 4.69) is 30.9 Å². The molecule has 1 aliphatic heterocycles. The lowest BCUT2D eigenvalue weighted by Gasteiger charge is -2.30. The number of nitrogens with zero attached hydrogens (tertiary/aromatic N) is 1. The van der Waals surface area contributed by atoms with Crippen LogP contribution in [-0.4, -0.2) is 36.9 Å². The second-order valence-corrected chi connectivity index (χ2v) is 8.66. The number of piperidine rings is 1. The molecule has 1 aromatic rings. The minimum atomic E-state index is 0.125. The summed E-state index contributed by atoms with van der Waals surface area (Å²) in [5, 5.41) is 0. The van der Waals surface area contributed by atoms with E-state index in [1.165, 1.54) is 56.1 Å². The number of rotatable bonds is 10. The van der Waals surface area contributed by atoms with Crippen molar-refractivity contribution >= 4 is 5.78 Å². The van der Waals surface area contributed by atoms with E-state index >= 15 is 0 Å². The summed E-state index contributed by atoms with van der Waals surface area (Å²) in [4.78, 5) is 16.0. The fourth-order valence-electron chi connectivity index (χ4n) is 4.81. The molecular formula is C25H39NO2. The van der Waals surface area contributed by atoms with Crippen molar-refractivity contribution in [2.75, 3.05) is 26.2 Å². The fraction of sp³-hybridized carbons (Fsp3) is 0.720. The molecule has 1 atom stereocenters. The number of likely N-dealkylation sites (tertiary alicyclic amines) is 1. The molecule has 1 saturated heterocycles. The van der Waals surface area contributed by atoms with Gasteiger partial charge in [-0.15, -0.1) is 0 Å². The number of ether oxygens (including phenoxy) is 1. The molecule has 3 heteroatoms. The van der Waals surface area contributed by atoms with Gasteiger partial charge in [-0.05, 0) is 87.7 Å². The molecule has 0 spiro atoms. The van der Waals surface area contributed by atoms with E-state index in [-0.39, 0.29) is 5.92 Å². The maximum absolute atomic E-state index is 13.5. The number of Topliss-reactive ketones (excluding diaryl/α,β-unsaturated/α-hetero) is 1. The molecule has 3 nitrogen and oxygen atoms in total. The van der Waals surface area contributed by atoms with Crippen LogP contribution in [0.5, 0.6) is 5.75 Å². The summed E-state index contributed by atoms with van der Waals surface area (Å²) in [6.07, 6.45) is 12.9. The van der Waals surface area contributed by atoms with Crippen molar-refractivity contribution in [2.45, 2.75) is 84.5 Å². The Balaban J connectivity index is 1.75. The highest BCUT2D eigenvalue weighted by atomic mass is 16.5. The maximum atomic E-state index is 13.5. The van der Waals surface area contributed by atoms with Gasteiger partial charge >= 0.3 is 0 Å². The van der Waals surface area contributed by atoms with Crippen LogP contribution < -0.4 is 4.74 Å². The topological polar surface area (TPSA) is 29.5 Å². The summed E-state index contributed by atoms with van der Waals surface area (Å²) in [5.74, 6) is 1.52. The summed E-state index contributed by atoms with van der Waals surface area (Å²) in [7, 11) is 0. The SMILES string of the molecule is CCCCCOc1ccc(C(=O)C(CC)CN2CCCCC2)c2c1CCCC2. The van der Waals surface area contributed by atoms with Crippen LogP contribution in [0.2, 0.25) is 0 Å². The zero-order valence-corrected chi connectivity index (χ0v) is 18.1. The van der Waals surface area contributed by atoms with E-state index in [0.717, 1.165) is 63.2 Å². The van der Waals surface area contributed by atoms with Crippen LogP contribution in [0.3, 0.4) is 0 Å². The molecule has 3 rings (SSSR count).